The first-order chi connectivity index (χ1) is 13.6. The standard InChI is InChI=1S/C21H22IN3O3/c1-28-19-5-3-2-4-17(19)23-10-12-24(13-11-23)18-14-20(26)25(21(18)27)16-8-6-15(22)7-9-16/h2-9,18H,10-14H2,1H3/t18-/m0/s1. The number of carbonyl (C=O) groups is 2. The van der Waals surface area contributed by atoms with E-state index < -0.39 is 0 Å². The van der Waals surface area contributed by atoms with Crippen LogP contribution in [0.1, 0.15) is 6.42 Å². The Balaban J connectivity index is 1.44. The molecule has 6 nitrogen and oxygen atoms in total. The maximum absolute atomic E-state index is 13.0. The van der Waals surface area contributed by atoms with Crippen LogP contribution in [0.15, 0.2) is 48.5 Å². The number of hydrogen-bond donors (Lipinski definition) is 0. The number of halogens is 1. The Labute approximate surface area is 178 Å². The van der Waals surface area contributed by atoms with Gasteiger partial charge in [-0.05, 0) is 59.0 Å². The molecule has 0 N–H and O–H groups in total. The number of rotatable bonds is 4. The summed E-state index contributed by atoms with van der Waals surface area (Å²) in [6.45, 7) is 3.06. The summed E-state index contributed by atoms with van der Waals surface area (Å²) >= 11 is 2.21. The van der Waals surface area contributed by atoms with Crippen molar-refractivity contribution in [3.8, 4) is 5.75 Å². The Morgan fingerprint density at radius 2 is 1.64 bits per heavy atom. The van der Waals surface area contributed by atoms with Gasteiger partial charge in [0, 0.05) is 29.7 Å². The number of hydrogen-bond acceptors (Lipinski definition) is 5. The van der Waals surface area contributed by atoms with Crippen molar-refractivity contribution in [1.29, 1.82) is 0 Å². The zero-order chi connectivity index (χ0) is 19.7. The third-order valence-corrected chi connectivity index (χ3v) is 6.11. The monoisotopic (exact) mass is 491 g/mol. The lowest BCUT2D eigenvalue weighted by Gasteiger charge is -2.38. The summed E-state index contributed by atoms with van der Waals surface area (Å²) in [5, 5.41) is 0. The second-order valence-corrected chi connectivity index (χ2v) is 8.20. The summed E-state index contributed by atoms with van der Waals surface area (Å²) in [4.78, 5) is 31.3. The summed E-state index contributed by atoms with van der Waals surface area (Å²) < 4.78 is 6.54. The number of benzene rings is 2. The van der Waals surface area contributed by atoms with Gasteiger partial charge in [0.05, 0.1) is 30.9 Å². The van der Waals surface area contributed by atoms with Gasteiger partial charge in [0.25, 0.3) is 5.91 Å². The highest BCUT2D eigenvalue weighted by molar-refractivity contribution is 14.1. The first-order valence-corrected chi connectivity index (χ1v) is 10.4. The van der Waals surface area contributed by atoms with Crippen LogP contribution in [-0.2, 0) is 9.59 Å². The molecule has 0 aromatic heterocycles. The molecule has 4 rings (SSSR count). The molecular formula is C21H22IN3O3. The molecule has 0 saturated carbocycles. The Kier molecular flexibility index (Phi) is 5.54. The fourth-order valence-corrected chi connectivity index (χ4v) is 4.29. The van der Waals surface area contributed by atoms with E-state index in [4.69, 9.17) is 4.74 Å². The first kappa shape index (κ1) is 19.2. The Morgan fingerprint density at radius 3 is 2.32 bits per heavy atom. The molecule has 1 atom stereocenters. The van der Waals surface area contributed by atoms with E-state index in [1.807, 2.05) is 42.5 Å². The van der Waals surface area contributed by atoms with E-state index in [0.29, 0.717) is 5.69 Å². The van der Waals surface area contributed by atoms with Gasteiger partial charge in [0.1, 0.15) is 5.75 Å². The molecule has 2 aliphatic rings. The summed E-state index contributed by atoms with van der Waals surface area (Å²) in [7, 11) is 1.68. The van der Waals surface area contributed by atoms with Crippen molar-refractivity contribution in [3.63, 3.8) is 0 Å². The van der Waals surface area contributed by atoms with Crippen LogP contribution in [0, 0.1) is 3.57 Å². The molecule has 2 amide bonds. The Bertz CT molecular complexity index is 879. The van der Waals surface area contributed by atoms with Gasteiger partial charge in [0.2, 0.25) is 5.91 Å². The van der Waals surface area contributed by atoms with Crippen molar-refractivity contribution in [2.45, 2.75) is 12.5 Å². The first-order valence-electron chi connectivity index (χ1n) is 9.33. The lowest BCUT2D eigenvalue weighted by Crippen LogP contribution is -2.52. The SMILES string of the molecule is COc1ccccc1N1CCN([C@H]2CC(=O)N(c3ccc(I)cc3)C2=O)CC1. The van der Waals surface area contributed by atoms with E-state index in [2.05, 4.69) is 38.5 Å². The fourth-order valence-electron chi connectivity index (χ4n) is 3.93. The van der Waals surface area contributed by atoms with Crippen molar-refractivity contribution in [2.24, 2.45) is 0 Å². The second kappa shape index (κ2) is 8.08. The summed E-state index contributed by atoms with van der Waals surface area (Å²) in [5.74, 6) is 0.619. The molecule has 7 heteroatoms. The molecule has 146 valence electrons. The zero-order valence-corrected chi connectivity index (χ0v) is 17.8. The number of methoxy groups -OCH3 is 1. The molecule has 28 heavy (non-hydrogen) atoms. The number of para-hydroxylation sites is 2. The largest absolute Gasteiger partial charge is 0.495 e. The minimum Gasteiger partial charge on any atom is -0.495 e. The minimum atomic E-state index is -0.369. The molecule has 2 saturated heterocycles. The van der Waals surface area contributed by atoms with Gasteiger partial charge >= 0.3 is 0 Å². The quantitative estimate of drug-likeness (QED) is 0.487. The van der Waals surface area contributed by atoms with Crippen LogP contribution in [0.4, 0.5) is 11.4 Å². The summed E-state index contributed by atoms with van der Waals surface area (Å²) in [6.07, 6.45) is 0.249. The molecular weight excluding hydrogens is 469 g/mol. The second-order valence-electron chi connectivity index (χ2n) is 6.96. The average molecular weight is 491 g/mol. The molecule has 2 aliphatic heterocycles. The summed E-state index contributed by atoms with van der Waals surface area (Å²) in [5.41, 5.74) is 1.73. The normalized spacial score (nSPS) is 20.7. The number of ether oxygens (including phenoxy) is 1. The number of piperazine rings is 1. The number of anilines is 2. The number of nitrogens with zero attached hydrogens (tertiary/aromatic N) is 3. The van der Waals surface area contributed by atoms with Crippen LogP contribution >= 0.6 is 22.6 Å². The van der Waals surface area contributed by atoms with E-state index in [1.54, 1.807) is 7.11 Å². The van der Waals surface area contributed by atoms with Gasteiger partial charge in [-0.3, -0.25) is 14.5 Å². The topological polar surface area (TPSA) is 53.1 Å². The smallest absolute Gasteiger partial charge is 0.251 e. The van der Waals surface area contributed by atoms with Gasteiger partial charge in [-0.1, -0.05) is 12.1 Å². The van der Waals surface area contributed by atoms with E-state index in [1.165, 1.54) is 4.90 Å². The van der Waals surface area contributed by atoms with Crippen LogP contribution in [0.3, 0.4) is 0 Å². The van der Waals surface area contributed by atoms with Gasteiger partial charge in [-0.2, -0.15) is 0 Å². The van der Waals surface area contributed by atoms with Crippen molar-refractivity contribution in [3.05, 3.63) is 52.1 Å². The van der Waals surface area contributed by atoms with Crippen LogP contribution in [-0.4, -0.2) is 56.0 Å². The third-order valence-electron chi connectivity index (χ3n) is 5.39. The molecule has 0 spiro atoms. The van der Waals surface area contributed by atoms with Gasteiger partial charge < -0.3 is 9.64 Å². The maximum atomic E-state index is 13.0. The van der Waals surface area contributed by atoms with Crippen LogP contribution in [0.5, 0.6) is 5.75 Å². The fraction of sp³-hybridized carbons (Fsp3) is 0.333. The lowest BCUT2D eigenvalue weighted by atomic mass is 10.1. The Hall–Kier alpha value is -2.13. The molecule has 0 bridgehead atoms. The van der Waals surface area contributed by atoms with Crippen LogP contribution < -0.4 is 14.5 Å². The van der Waals surface area contributed by atoms with Crippen molar-refractivity contribution >= 4 is 45.8 Å². The molecule has 2 aromatic carbocycles. The molecule has 0 radical (unpaired) electrons. The molecule has 0 aliphatic carbocycles. The van der Waals surface area contributed by atoms with Crippen molar-refractivity contribution in [2.75, 3.05) is 43.1 Å². The molecule has 2 fully saturated rings. The van der Waals surface area contributed by atoms with Crippen LogP contribution in [0.2, 0.25) is 0 Å². The lowest BCUT2D eigenvalue weighted by molar-refractivity contribution is -0.123. The highest BCUT2D eigenvalue weighted by Crippen LogP contribution is 2.30. The predicted octanol–water partition coefficient (Wildman–Crippen LogP) is 2.75. The highest BCUT2D eigenvalue weighted by Gasteiger charge is 2.43. The molecule has 2 aromatic rings. The molecule has 2 heterocycles. The Morgan fingerprint density at radius 1 is 0.964 bits per heavy atom. The van der Waals surface area contributed by atoms with Crippen LogP contribution in [0.25, 0.3) is 0 Å². The van der Waals surface area contributed by atoms with Gasteiger partial charge in [-0.25, -0.2) is 4.90 Å². The number of carbonyl (C=O) groups excluding carboxylic acids is 2. The van der Waals surface area contributed by atoms with Crippen molar-refractivity contribution < 1.29 is 14.3 Å². The van der Waals surface area contributed by atoms with E-state index in [-0.39, 0.29) is 24.3 Å². The van der Waals surface area contributed by atoms with E-state index in [9.17, 15) is 9.59 Å². The van der Waals surface area contributed by atoms with E-state index >= 15 is 0 Å². The van der Waals surface area contributed by atoms with Gasteiger partial charge in [0.15, 0.2) is 0 Å². The number of imide groups is 1. The predicted molar refractivity (Wildman–Crippen MR) is 117 cm³/mol. The van der Waals surface area contributed by atoms with Crippen molar-refractivity contribution in [1.82, 2.24) is 4.90 Å². The molecule has 0 unspecified atom stereocenters. The van der Waals surface area contributed by atoms with Gasteiger partial charge in [-0.15, -0.1) is 0 Å². The number of amides is 2. The average Bonchev–Trinajstić information content (AvgIpc) is 3.03. The third kappa shape index (κ3) is 3.60. The maximum Gasteiger partial charge on any atom is 0.251 e. The highest BCUT2D eigenvalue weighted by atomic mass is 127. The van der Waals surface area contributed by atoms with E-state index in [0.717, 1.165) is 41.2 Å². The summed E-state index contributed by atoms with van der Waals surface area (Å²) in [6, 6.07) is 15.1. The zero-order valence-electron chi connectivity index (χ0n) is 15.7. The minimum absolute atomic E-state index is 0.114.